The number of rotatable bonds is 5. The molecule has 1 saturated carbocycles. The van der Waals surface area contributed by atoms with Crippen LogP contribution in [-0.4, -0.2) is 4.98 Å². The summed E-state index contributed by atoms with van der Waals surface area (Å²) in [6.45, 7) is 4.05. The maximum atomic E-state index is 5.59. The highest BCUT2D eigenvalue weighted by Crippen LogP contribution is 2.43. The van der Waals surface area contributed by atoms with Crippen molar-refractivity contribution in [2.45, 2.75) is 38.8 Å². The SMILES string of the molecule is Cc1cnc(C(C)NC(c2cccs2)C2CC2)o1. The molecule has 0 bridgehead atoms. The summed E-state index contributed by atoms with van der Waals surface area (Å²) in [5.41, 5.74) is 0. The van der Waals surface area contributed by atoms with Gasteiger partial charge in [-0.2, -0.15) is 0 Å². The van der Waals surface area contributed by atoms with Crippen LogP contribution in [-0.2, 0) is 0 Å². The second-order valence-electron chi connectivity index (χ2n) is 5.03. The highest BCUT2D eigenvalue weighted by atomic mass is 32.1. The Labute approximate surface area is 111 Å². The van der Waals surface area contributed by atoms with Gasteiger partial charge in [0, 0.05) is 10.9 Å². The van der Waals surface area contributed by atoms with Crippen molar-refractivity contribution >= 4 is 11.3 Å². The van der Waals surface area contributed by atoms with Crippen molar-refractivity contribution in [2.75, 3.05) is 0 Å². The molecule has 2 aromatic rings. The van der Waals surface area contributed by atoms with Gasteiger partial charge in [-0.15, -0.1) is 11.3 Å². The lowest BCUT2D eigenvalue weighted by Crippen LogP contribution is -2.25. The monoisotopic (exact) mass is 262 g/mol. The van der Waals surface area contributed by atoms with E-state index in [9.17, 15) is 0 Å². The summed E-state index contributed by atoms with van der Waals surface area (Å²) in [5, 5.41) is 5.81. The summed E-state index contributed by atoms with van der Waals surface area (Å²) in [5.74, 6) is 2.44. The fourth-order valence-electron chi connectivity index (χ4n) is 2.26. The lowest BCUT2D eigenvalue weighted by Gasteiger charge is -2.20. The first kappa shape index (κ1) is 11.9. The zero-order chi connectivity index (χ0) is 12.5. The molecule has 3 rings (SSSR count). The molecule has 0 saturated heterocycles. The topological polar surface area (TPSA) is 38.1 Å². The van der Waals surface area contributed by atoms with Gasteiger partial charge in [-0.3, -0.25) is 5.32 Å². The smallest absolute Gasteiger partial charge is 0.211 e. The third-order valence-corrected chi connectivity index (χ3v) is 4.34. The molecule has 0 radical (unpaired) electrons. The summed E-state index contributed by atoms with van der Waals surface area (Å²) >= 11 is 1.83. The fourth-order valence-corrected chi connectivity index (χ4v) is 3.14. The van der Waals surface area contributed by atoms with E-state index >= 15 is 0 Å². The van der Waals surface area contributed by atoms with Gasteiger partial charge in [0.25, 0.3) is 0 Å². The number of hydrogen-bond acceptors (Lipinski definition) is 4. The van der Waals surface area contributed by atoms with E-state index in [1.807, 2.05) is 18.3 Å². The zero-order valence-electron chi connectivity index (χ0n) is 10.7. The largest absolute Gasteiger partial charge is 0.444 e. The van der Waals surface area contributed by atoms with Crippen molar-refractivity contribution in [1.29, 1.82) is 0 Å². The number of nitrogens with one attached hydrogen (secondary N) is 1. The zero-order valence-corrected chi connectivity index (χ0v) is 11.5. The lowest BCUT2D eigenvalue weighted by molar-refractivity contribution is 0.358. The van der Waals surface area contributed by atoms with Crippen LogP contribution in [0.3, 0.4) is 0 Å². The van der Waals surface area contributed by atoms with Gasteiger partial charge in [-0.1, -0.05) is 6.07 Å². The van der Waals surface area contributed by atoms with Gasteiger partial charge in [-0.05, 0) is 44.1 Å². The van der Waals surface area contributed by atoms with Gasteiger partial charge in [0.05, 0.1) is 12.2 Å². The molecule has 0 aromatic carbocycles. The van der Waals surface area contributed by atoms with E-state index in [0.29, 0.717) is 6.04 Å². The Bertz CT molecular complexity index is 502. The third-order valence-electron chi connectivity index (χ3n) is 3.38. The van der Waals surface area contributed by atoms with E-state index < -0.39 is 0 Å². The van der Waals surface area contributed by atoms with E-state index in [1.165, 1.54) is 17.7 Å². The predicted octanol–water partition coefficient (Wildman–Crippen LogP) is 3.85. The first-order chi connectivity index (χ1) is 8.74. The molecule has 4 heteroatoms. The van der Waals surface area contributed by atoms with E-state index in [0.717, 1.165) is 17.6 Å². The summed E-state index contributed by atoms with van der Waals surface area (Å²) in [4.78, 5) is 5.73. The summed E-state index contributed by atoms with van der Waals surface area (Å²) in [6, 6.07) is 4.95. The molecule has 18 heavy (non-hydrogen) atoms. The van der Waals surface area contributed by atoms with Gasteiger partial charge in [0.15, 0.2) is 0 Å². The van der Waals surface area contributed by atoms with Crippen molar-refractivity contribution in [1.82, 2.24) is 10.3 Å². The summed E-state index contributed by atoms with van der Waals surface area (Å²) in [6.07, 6.45) is 4.44. The number of aromatic nitrogens is 1. The summed E-state index contributed by atoms with van der Waals surface area (Å²) in [7, 11) is 0. The van der Waals surface area contributed by atoms with Crippen molar-refractivity contribution in [3.63, 3.8) is 0 Å². The molecule has 2 atom stereocenters. The standard InChI is InChI=1S/C14H18N2OS/c1-9-8-15-14(17-9)10(2)16-13(11-5-6-11)12-4-3-7-18-12/h3-4,7-8,10-11,13,16H,5-6H2,1-2H3. The van der Waals surface area contributed by atoms with Gasteiger partial charge < -0.3 is 4.42 Å². The Hall–Kier alpha value is -1.13. The minimum absolute atomic E-state index is 0.159. The average Bonchev–Trinajstić information content (AvgIpc) is 2.88. The lowest BCUT2D eigenvalue weighted by atomic mass is 10.1. The minimum atomic E-state index is 0.159. The number of oxazole rings is 1. The van der Waals surface area contributed by atoms with Crippen LogP contribution in [0, 0.1) is 12.8 Å². The summed E-state index contributed by atoms with van der Waals surface area (Å²) < 4.78 is 5.59. The normalized spacial score (nSPS) is 18.8. The van der Waals surface area contributed by atoms with E-state index in [2.05, 4.69) is 34.7 Å². The van der Waals surface area contributed by atoms with E-state index in [1.54, 1.807) is 6.20 Å². The van der Waals surface area contributed by atoms with Gasteiger partial charge in [0.2, 0.25) is 5.89 Å². The Kier molecular flexibility index (Phi) is 3.22. The Morgan fingerprint density at radius 3 is 2.89 bits per heavy atom. The molecular formula is C14H18N2OS. The van der Waals surface area contributed by atoms with Crippen LogP contribution >= 0.6 is 11.3 Å². The molecule has 1 N–H and O–H groups in total. The van der Waals surface area contributed by atoms with Gasteiger partial charge in [-0.25, -0.2) is 4.98 Å². The van der Waals surface area contributed by atoms with Crippen LogP contribution < -0.4 is 5.32 Å². The molecule has 0 spiro atoms. The predicted molar refractivity (Wildman–Crippen MR) is 72.6 cm³/mol. The molecule has 2 heterocycles. The number of aryl methyl sites for hydroxylation is 1. The molecular weight excluding hydrogens is 244 g/mol. The Balaban J connectivity index is 1.73. The molecule has 1 aliphatic rings. The first-order valence-corrected chi connectivity index (χ1v) is 7.34. The second-order valence-corrected chi connectivity index (χ2v) is 6.01. The van der Waals surface area contributed by atoms with Gasteiger partial charge in [0.1, 0.15) is 5.76 Å². The molecule has 1 fully saturated rings. The van der Waals surface area contributed by atoms with Crippen LogP contribution in [0.1, 0.15) is 48.4 Å². The molecule has 3 nitrogen and oxygen atoms in total. The number of hydrogen-bond donors (Lipinski definition) is 1. The molecule has 96 valence electrons. The molecule has 2 aromatic heterocycles. The molecule has 0 aliphatic heterocycles. The van der Waals surface area contributed by atoms with Crippen molar-refractivity contribution in [2.24, 2.45) is 5.92 Å². The van der Waals surface area contributed by atoms with Gasteiger partial charge >= 0.3 is 0 Å². The van der Waals surface area contributed by atoms with E-state index in [-0.39, 0.29) is 6.04 Å². The van der Waals surface area contributed by atoms with Crippen LogP contribution in [0.4, 0.5) is 0 Å². The molecule has 1 aliphatic carbocycles. The second kappa shape index (κ2) is 4.86. The van der Waals surface area contributed by atoms with Crippen LogP contribution in [0.5, 0.6) is 0 Å². The number of thiophene rings is 1. The Morgan fingerprint density at radius 1 is 1.50 bits per heavy atom. The highest BCUT2D eigenvalue weighted by molar-refractivity contribution is 7.10. The maximum absolute atomic E-state index is 5.59. The molecule has 2 unspecified atom stereocenters. The quantitative estimate of drug-likeness (QED) is 0.889. The van der Waals surface area contributed by atoms with E-state index in [4.69, 9.17) is 4.42 Å². The van der Waals surface area contributed by atoms with Crippen LogP contribution in [0.15, 0.2) is 28.1 Å². The minimum Gasteiger partial charge on any atom is -0.444 e. The van der Waals surface area contributed by atoms with Crippen molar-refractivity contribution in [3.8, 4) is 0 Å². The number of nitrogens with zero attached hydrogens (tertiary/aromatic N) is 1. The third kappa shape index (κ3) is 2.49. The highest BCUT2D eigenvalue weighted by Gasteiger charge is 2.34. The molecule has 0 amide bonds. The average molecular weight is 262 g/mol. The Morgan fingerprint density at radius 2 is 2.33 bits per heavy atom. The van der Waals surface area contributed by atoms with Crippen molar-refractivity contribution in [3.05, 3.63) is 40.2 Å². The first-order valence-electron chi connectivity index (χ1n) is 6.46. The maximum Gasteiger partial charge on any atom is 0.211 e. The fraction of sp³-hybridized carbons (Fsp3) is 0.500. The van der Waals surface area contributed by atoms with Crippen LogP contribution in [0.25, 0.3) is 0 Å². The van der Waals surface area contributed by atoms with Crippen LogP contribution in [0.2, 0.25) is 0 Å². The van der Waals surface area contributed by atoms with Crippen molar-refractivity contribution < 1.29 is 4.42 Å².